The molecule has 1 amide bonds. The molecule has 1 N–H and O–H groups in total. The molecular weight excluding hydrogens is 286 g/mol. The average Bonchev–Trinajstić information content (AvgIpc) is 2.52. The van der Waals surface area contributed by atoms with Gasteiger partial charge in [-0.15, -0.1) is 0 Å². The van der Waals surface area contributed by atoms with Gasteiger partial charge >= 0.3 is 0 Å². The molecule has 0 radical (unpaired) electrons. The van der Waals surface area contributed by atoms with E-state index in [-0.39, 0.29) is 5.41 Å². The summed E-state index contributed by atoms with van der Waals surface area (Å²) in [6.07, 6.45) is 7.49. The Kier molecular flexibility index (Phi) is 6.17. The molecule has 2 rings (SSSR count). The minimum atomic E-state index is 0.0703. The van der Waals surface area contributed by atoms with Crippen LogP contribution in [0.5, 0.6) is 0 Å². The highest BCUT2D eigenvalue weighted by atomic mass is 16.2. The molecule has 2 heterocycles. The third kappa shape index (κ3) is 5.61. The fourth-order valence-corrected chi connectivity index (χ4v) is 3.19. The van der Waals surface area contributed by atoms with E-state index in [1.165, 1.54) is 5.56 Å². The number of nitrogens with one attached hydrogen (secondary N) is 1. The van der Waals surface area contributed by atoms with Gasteiger partial charge in [0.15, 0.2) is 0 Å². The molecule has 0 aromatic carbocycles. The normalized spacial score (nSPS) is 18.0. The smallest absolute Gasteiger partial charge is 0.223 e. The molecule has 128 valence electrons. The molecule has 1 aliphatic rings. The summed E-state index contributed by atoms with van der Waals surface area (Å²) in [5.74, 6) is 0.303. The van der Waals surface area contributed by atoms with Gasteiger partial charge in [0, 0.05) is 44.0 Å². The van der Waals surface area contributed by atoms with Crippen molar-refractivity contribution in [1.82, 2.24) is 15.2 Å². The number of hydrogen-bond donors (Lipinski definition) is 1. The monoisotopic (exact) mass is 317 g/mol. The van der Waals surface area contributed by atoms with Crippen molar-refractivity contribution < 1.29 is 4.79 Å². The van der Waals surface area contributed by atoms with Crippen LogP contribution in [0.4, 0.5) is 0 Å². The summed E-state index contributed by atoms with van der Waals surface area (Å²) in [6, 6.07) is 5.04. The Labute approximate surface area is 140 Å². The van der Waals surface area contributed by atoms with Crippen molar-refractivity contribution in [3.05, 3.63) is 30.1 Å². The summed E-state index contributed by atoms with van der Waals surface area (Å²) in [4.78, 5) is 18.5. The van der Waals surface area contributed by atoms with Gasteiger partial charge in [-0.25, -0.2) is 0 Å². The summed E-state index contributed by atoms with van der Waals surface area (Å²) in [6.45, 7) is 10.3. The van der Waals surface area contributed by atoms with Crippen LogP contribution in [0.3, 0.4) is 0 Å². The Morgan fingerprint density at radius 2 is 1.91 bits per heavy atom. The molecule has 23 heavy (non-hydrogen) atoms. The lowest BCUT2D eigenvalue weighted by Gasteiger charge is -2.35. The predicted molar refractivity (Wildman–Crippen MR) is 94.1 cm³/mol. The Bertz CT molecular complexity index is 487. The van der Waals surface area contributed by atoms with Crippen molar-refractivity contribution in [2.45, 2.75) is 65.5 Å². The quantitative estimate of drug-likeness (QED) is 0.903. The minimum absolute atomic E-state index is 0.0703. The standard InChI is InChI=1S/C19H31N3O/c1-5-17(15-6-10-20-11-7-15)21-16-8-12-22(13-9-16)18(23)14-19(2,3)4/h6-7,10-11,16-17,21H,5,8-9,12-14H2,1-4H3/t17-/m0/s1. The van der Waals surface area contributed by atoms with Gasteiger partial charge < -0.3 is 10.2 Å². The molecule has 4 heteroatoms. The molecule has 0 aliphatic carbocycles. The van der Waals surface area contributed by atoms with Crippen LogP contribution in [-0.2, 0) is 4.79 Å². The number of hydrogen-bond acceptors (Lipinski definition) is 3. The lowest BCUT2D eigenvalue weighted by molar-refractivity contribution is -0.134. The van der Waals surface area contributed by atoms with Crippen molar-refractivity contribution in [1.29, 1.82) is 0 Å². The first-order valence-corrected chi connectivity index (χ1v) is 8.83. The van der Waals surface area contributed by atoms with E-state index in [4.69, 9.17) is 0 Å². The number of piperidine rings is 1. The second kappa shape index (κ2) is 7.91. The van der Waals surface area contributed by atoms with Crippen molar-refractivity contribution in [3.63, 3.8) is 0 Å². The van der Waals surface area contributed by atoms with Crippen LogP contribution in [0, 0.1) is 5.41 Å². The van der Waals surface area contributed by atoms with Gasteiger partial charge in [0.25, 0.3) is 0 Å². The van der Waals surface area contributed by atoms with Crippen LogP contribution in [0.25, 0.3) is 0 Å². The van der Waals surface area contributed by atoms with Crippen LogP contribution < -0.4 is 5.32 Å². The lowest BCUT2D eigenvalue weighted by Crippen LogP contribution is -2.46. The van der Waals surface area contributed by atoms with E-state index in [0.717, 1.165) is 32.4 Å². The molecule has 1 aromatic rings. The molecule has 1 aliphatic heterocycles. The van der Waals surface area contributed by atoms with E-state index in [2.05, 4.69) is 50.1 Å². The first-order chi connectivity index (χ1) is 10.9. The summed E-state index contributed by atoms with van der Waals surface area (Å²) < 4.78 is 0. The predicted octanol–water partition coefficient (Wildman–Crippen LogP) is 3.55. The number of nitrogens with zero attached hydrogens (tertiary/aromatic N) is 2. The Balaban J connectivity index is 1.83. The van der Waals surface area contributed by atoms with Crippen LogP contribution in [0.2, 0.25) is 0 Å². The van der Waals surface area contributed by atoms with Crippen LogP contribution in [0.1, 0.15) is 65.0 Å². The topological polar surface area (TPSA) is 45.2 Å². The van der Waals surface area contributed by atoms with E-state index in [9.17, 15) is 4.79 Å². The zero-order valence-electron chi connectivity index (χ0n) is 15.0. The number of rotatable bonds is 5. The lowest BCUT2D eigenvalue weighted by atomic mass is 9.91. The maximum Gasteiger partial charge on any atom is 0.223 e. The first-order valence-electron chi connectivity index (χ1n) is 8.83. The molecule has 0 saturated carbocycles. The molecule has 0 spiro atoms. The molecular formula is C19H31N3O. The second-order valence-corrected chi connectivity index (χ2v) is 7.80. The maximum absolute atomic E-state index is 12.3. The third-order valence-corrected chi connectivity index (χ3v) is 4.48. The largest absolute Gasteiger partial charge is 0.343 e. The van der Waals surface area contributed by atoms with Gasteiger partial charge in [0.05, 0.1) is 0 Å². The second-order valence-electron chi connectivity index (χ2n) is 7.80. The zero-order chi connectivity index (χ0) is 16.9. The average molecular weight is 317 g/mol. The summed E-state index contributed by atoms with van der Waals surface area (Å²) in [5.41, 5.74) is 1.37. The number of amides is 1. The Hall–Kier alpha value is -1.42. The van der Waals surface area contributed by atoms with Crippen LogP contribution >= 0.6 is 0 Å². The van der Waals surface area contributed by atoms with Crippen molar-refractivity contribution >= 4 is 5.91 Å². The van der Waals surface area contributed by atoms with Gasteiger partial charge in [0.2, 0.25) is 5.91 Å². The number of carbonyl (C=O) groups excluding carboxylic acids is 1. The van der Waals surface area contributed by atoms with Crippen molar-refractivity contribution in [2.75, 3.05) is 13.1 Å². The number of carbonyl (C=O) groups is 1. The number of likely N-dealkylation sites (tertiary alicyclic amines) is 1. The fraction of sp³-hybridized carbons (Fsp3) is 0.684. The highest BCUT2D eigenvalue weighted by molar-refractivity contribution is 5.76. The Morgan fingerprint density at radius 3 is 2.43 bits per heavy atom. The van der Waals surface area contributed by atoms with Crippen LogP contribution in [-0.4, -0.2) is 34.9 Å². The Morgan fingerprint density at radius 1 is 1.30 bits per heavy atom. The first kappa shape index (κ1) is 17.9. The molecule has 0 bridgehead atoms. The van der Waals surface area contributed by atoms with E-state index in [0.29, 0.717) is 24.4 Å². The molecule has 1 atom stereocenters. The van der Waals surface area contributed by atoms with E-state index < -0.39 is 0 Å². The highest BCUT2D eigenvalue weighted by Gasteiger charge is 2.26. The summed E-state index contributed by atoms with van der Waals surface area (Å²) in [5, 5.41) is 3.76. The molecule has 0 unspecified atom stereocenters. The fourth-order valence-electron chi connectivity index (χ4n) is 3.19. The van der Waals surface area contributed by atoms with E-state index >= 15 is 0 Å². The highest BCUT2D eigenvalue weighted by Crippen LogP contribution is 2.23. The van der Waals surface area contributed by atoms with E-state index in [1.54, 1.807) is 0 Å². The molecule has 1 saturated heterocycles. The number of pyridine rings is 1. The van der Waals surface area contributed by atoms with Gasteiger partial charge in [-0.1, -0.05) is 27.7 Å². The van der Waals surface area contributed by atoms with Crippen molar-refractivity contribution in [3.8, 4) is 0 Å². The molecule has 1 fully saturated rings. The van der Waals surface area contributed by atoms with E-state index in [1.807, 2.05) is 17.3 Å². The number of aromatic nitrogens is 1. The molecule has 1 aromatic heterocycles. The van der Waals surface area contributed by atoms with Gasteiger partial charge in [-0.05, 0) is 42.4 Å². The zero-order valence-corrected chi connectivity index (χ0v) is 15.0. The molecule has 4 nitrogen and oxygen atoms in total. The van der Waals surface area contributed by atoms with Gasteiger partial charge in [-0.3, -0.25) is 9.78 Å². The minimum Gasteiger partial charge on any atom is -0.343 e. The summed E-state index contributed by atoms with van der Waals surface area (Å²) in [7, 11) is 0. The SMILES string of the molecule is CC[C@H](NC1CCN(C(=O)CC(C)(C)C)CC1)c1ccncc1. The van der Waals surface area contributed by atoms with Crippen LogP contribution in [0.15, 0.2) is 24.5 Å². The maximum atomic E-state index is 12.3. The van der Waals surface area contributed by atoms with Crippen molar-refractivity contribution in [2.24, 2.45) is 5.41 Å². The van der Waals surface area contributed by atoms with Gasteiger partial charge in [0.1, 0.15) is 0 Å². The summed E-state index contributed by atoms with van der Waals surface area (Å²) >= 11 is 0. The third-order valence-electron chi connectivity index (χ3n) is 4.48. The van der Waals surface area contributed by atoms with Gasteiger partial charge in [-0.2, -0.15) is 0 Å².